The van der Waals surface area contributed by atoms with E-state index in [2.05, 4.69) is 19.9 Å². The van der Waals surface area contributed by atoms with Crippen LogP contribution in [-0.2, 0) is 0 Å². The van der Waals surface area contributed by atoms with Crippen LogP contribution in [0.3, 0.4) is 0 Å². The SMILES string of the molecule is Cc1cc2c(-n3ccnc3)ncnc2[nH]1. The van der Waals surface area contributed by atoms with E-state index in [4.69, 9.17) is 0 Å². The molecule has 3 rings (SSSR count). The fourth-order valence-electron chi connectivity index (χ4n) is 1.65. The number of H-pyrrole nitrogens is 1. The van der Waals surface area contributed by atoms with Gasteiger partial charge in [-0.2, -0.15) is 0 Å². The zero-order valence-electron chi connectivity index (χ0n) is 8.18. The number of aromatic nitrogens is 5. The first-order chi connectivity index (χ1) is 7.34. The lowest BCUT2D eigenvalue weighted by atomic mass is 10.3. The Morgan fingerprint density at radius 2 is 2.27 bits per heavy atom. The van der Waals surface area contributed by atoms with Crippen molar-refractivity contribution in [2.45, 2.75) is 6.92 Å². The number of hydrogen-bond acceptors (Lipinski definition) is 3. The minimum atomic E-state index is 0.849. The maximum absolute atomic E-state index is 4.25. The van der Waals surface area contributed by atoms with Gasteiger partial charge in [-0.25, -0.2) is 15.0 Å². The summed E-state index contributed by atoms with van der Waals surface area (Å²) in [7, 11) is 0. The molecule has 0 unspecified atom stereocenters. The average Bonchev–Trinajstić information content (AvgIpc) is 2.82. The highest BCUT2D eigenvalue weighted by Crippen LogP contribution is 2.18. The number of aromatic amines is 1. The summed E-state index contributed by atoms with van der Waals surface area (Å²) in [5, 5.41) is 1.01. The van der Waals surface area contributed by atoms with Crippen LogP contribution in [0.4, 0.5) is 0 Å². The Morgan fingerprint density at radius 1 is 1.33 bits per heavy atom. The van der Waals surface area contributed by atoms with Crippen molar-refractivity contribution in [2.24, 2.45) is 0 Å². The van der Waals surface area contributed by atoms with Crippen LogP contribution in [0.1, 0.15) is 5.69 Å². The third-order valence-corrected chi connectivity index (χ3v) is 2.29. The highest BCUT2D eigenvalue weighted by atomic mass is 15.1. The molecule has 0 fully saturated rings. The number of aryl methyl sites for hydroxylation is 1. The van der Waals surface area contributed by atoms with E-state index < -0.39 is 0 Å². The van der Waals surface area contributed by atoms with E-state index in [1.807, 2.05) is 23.8 Å². The smallest absolute Gasteiger partial charge is 0.150 e. The summed E-state index contributed by atoms with van der Waals surface area (Å²) in [6.45, 7) is 2.00. The van der Waals surface area contributed by atoms with Crippen molar-refractivity contribution in [2.75, 3.05) is 0 Å². The molecule has 0 bridgehead atoms. The van der Waals surface area contributed by atoms with Crippen molar-refractivity contribution >= 4 is 11.0 Å². The maximum Gasteiger partial charge on any atom is 0.150 e. The Kier molecular flexibility index (Phi) is 1.58. The van der Waals surface area contributed by atoms with Crippen LogP contribution in [0.15, 0.2) is 31.1 Å². The summed E-state index contributed by atoms with van der Waals surface area (Å²) in [4.78, 5) is 15.6. The number of nitrogens with zero attached hydrogens (tertiary/aromatic N) is 4. The van der Waals surface area contributed by atoms with Crippen LogP contribution in [0.25, 0.3) is 16.9 Å². The van der Waals surface area contributed by atoms with Crippen LogP contribution in [-0.4, -0.2) is 24.5 Å². The highest BCUT2D eigenvalue weighted by molar-refractivity contribution is 5.83. The monoisotopic (exact) mass is 199 g/mol. The van der Waals surface area contributed by atoms with Gasteiger partial charge in [-0.3, -0.25) is 4.57 Å². The summed E-state index contributed by atoms with van der Waals surface area (Å²) in [5.41, 5.74) is 1.93. The first-order valence-corrected chi connectivity index (χ1v) is 4.63. The fourth-order valence-corrected chi connectivity index (χ4v) is 1.65. The summed E-state index contributed by atoms with van der Waals surface area (Å²) >= 11 is 0. The molecular weight excluding hydrogens is 190 g/mol. The minimum Gasteiger partial charge on any atom is -0.343 e. The fraction of sp³-hybridized carbons (Fsp3) is 0.100. The number of nitrogens with one attached hydrogen (secondary N) is 1. The molecule has 0 aromatic carbocycles. The molecule has 0 aliphatic heterocycles. The van der Waals surface area contributed by atoms with Gasteiger partial charge in [0.25, 0.3) is 0 Å². The van der Waals surface area contributed by atoms with E-state index in [-0.39, 0.29) is 0 Å². The van der Waals surface area contributed by atoms with Gasteiger partial charge in [0.2, 0.25) is 0 Å². The van der Waals surface area contributed by atoms with Crippen molar-refractivity contribution in [3.05, 3.63) is 36.8 Å². The molecule has 74 valence electrons. The predicted molar refractivity (Wildman–Crippen MR) is 55.7 cm³/mol. The Morgan fingerprint density at radius 3 is 3.07 bits per heavy atom. The van der Waals surface area contributed by atoms with Gasteiger partial charge < -0.3 is 4.98 Å². The molecule has 0 radical (unpaired) electrons. The van der Waals surface area contributed by atoms with Crippen LogP contribution < -0.4 is 0 Å². The van der Waals surface area contributed by atoms with Gasteiger partial charge in [0.15, 0.2) is 5.82 Å². The molecule has 3 aromatic heterocycles. The lowest BCUT2D eigenvalue weighted by molar-refractivity contribution is 0.992. The van der Waals surface area contributed by atoms with Gasteiger partial charge >= 0.3 is 0 Å². The summed E-state index contributed by atoms with van der Waals surface area (Å²) in [6.07, 6.45) is 6.87. The normalized spacial score (nSPS) is 11.0. The predicted octanol–water partition coefficient (Wildman–Crippen LogP) is 1.45. The number of rotatable bonds is 1. The molecule has 3 aromatic rings. The van der Waals surface area contributed by atoms with Gasteiger partial charge in [-0.15, -0.1) is 0 Å². The Labute approximate surface area is 85.8 Å². The zero-order chi connectivity index (χ0) is 10.3. The third kappa shape index (κ3) is 1.20. The van der Waals surface area contributed by atoms with E-state index in [0.717, 1.165) is 22.5 Å². The van der Waals surface area contributed by atoms with Crippen molar-refractivity contribution < 1.29 is 0 Å². The summed E-state index contributed by atoms with van der Waals surface area (Å²) in [6, 6.07) is 2.03. The molecule has 3 heterocycles. The van der Waals surface area contributed by atoms with Crippen LogP contribution in [0.2, 0.25) is 0 Å². The molecule has 0 atom stereocenters. The molecule has 0 saturated carbocycles. The van der Waals surface area contributed by atoms with Gasteiger partial charge in [0.1, 0.15) is 18.3 Å². The van der Waals surface area contributed by atoms with Gasteiger partial charge in [0.05, 0.1) is 5.39 Å². The molecule has 0 aliphatic carbocycles. The summed E-state index contributed by atoms with van der Waals surface area (Å²) in [5.74, 6) is 0.849. The highest BCUT2D eigenvalue weighted by Gasteiger charge is 2.06. The van der Waals surface area contributed by atoms with Crippen LogP contribution in [0.5, 0.6) is 0 Å². The molecule has 0 saturated heterocycles. The second-order valence-electron chi connectivity index (χ2n) is 3.38. The maximum atomic E-state index is 4.25. The number of fused-ring (bicyclic) bond motifs is 1. The second kappa shape index (κ2) is 2.91. The third-order valence-electron chi connectivity index (χ3n) is 2.29. The molecule has 15 heavy (non-hydrogen) atoms. The first kappa shape index (κ1) is 8.16. The van der Waals surface area contributed by atoms with E-state index >= 15 is 0 Å². The minimum absolute atomic E-state index is 0.849. The largest absolute Gasteiger partial charge is 0.343 e. The van der Waals surface area contributed by atoms with Gasteiger partial charge in [0, 0.05) is 18.1 Å². The molecular formula is C10H9N5. The van der Waals surface area contributed by atoms with E-state index in [1.54, 1.807) is 18.9 Å². The van der Waals surface area contributed by atoms with Crippen LogP contribution in [0, 0.1) is 6.92 Å². The molecule has 1 N–H and O–H groups in total. The van der Waals surface area contributed by atoms with Crippen LogP contribution >= 0.6 is 0 Å². The topological polar surface area (TPSA) is 59.4 Å². The summed E-state index contributed by atoms with van der Waals surface area (Å²) < 4.78 is 1.87. The van der Waals surface area contributed by atoms with Crippen molar-refractivity contribution in [1.82, 2.24) is 24.5 Å². The second-order valence-corrected chi connectivity index (χ2v) is 3.38. The molecule has 5 nitrogen and oxygen atoms in total. The number of hydrogen-bond donors (Lipinski definition) is 1. The van der Waals surface area contributed by atoms with E-state index in [9.17, 15) is 0 Å². The lowest BCUT2D eigenvalue weighted by Gasteiger charge is -2.00. The zero-order valence-corrected chi connectivity index (χ0v) is 8.18. The first-order valence-electron chi connectivity index (χ1n) is 4.63. The van der Waals surface area contributed by atoms with Gasteiger partial charge in [-0.05, 0) is 13.0 Å². The van der Waals surface area contributed by atoms with Crippen molar-refractivity contribution in [3.63, 3.8) is 0 Å². The van der Waals surface area contributed by atoms with Crippen molar-refractivity contribution in [1.29, 1.82) is 0 Å². The van der Waals surface area contributed by atoms with Gasteiger partial charge in [-0.1, -0.05) is 0 Å². The molecule has 5 heteroatoms. The van der Waals surface area contributed by atoms with E-state index in [0.29, 0.717) is 0 Å². The number of imidazole rings is 1. The molecule has 0 spiro atoms. The standard InChI is InChI=1S/C10H9N5/c1-7-4-8-9(14-7)12-5-13-10(8)15-3-2-11-6-15/h2-6H,1H3,(H,12,13,14). The Bertz CT molecular complexity index is 593. The van der Waals surface area contributed by atoms with Crippen molar-refractivity contribution in [3.8, 4) is 5.82 Å². The quantitative estimate of drug-likeness (QED) is 0.645. The lowest BCUT2D eigenvalue weighted by Crippen LogP contribution is -1.95. The van der Waals surface area contributed by atoms with E-state index in [1.165, 1.54) is 0 Å². The molecule has 0 amide bonds. The Balaban J connectivity index is 2.35. The average molecular weight is 199 g/mol. The molecule has 0 aliphatic rings. The Hall–Kier alpha value is -2.17.